The van der Waals surface area contributed by atoms with Gasteiger partial charge in [-0.15, -0.1) is 0 Å². The molecule has 3 N–H and O–H groups in total. The average Bonchev–Trinajstić information content (AvgIpc) is 1.83. The van der Waals surface area contributed by atoms with E-state index in [2.05, 4.69) is 15.6 Å². The Bertz CT molecular complexity index is 130. The van der Waals surface area contributed by atoms with Gasteiger partial charge in [0.05, 0.1) is 12.7 Å². The van der Waals surface area contributed by atoms with Crippen LogP contribution in [-0.4, -0.2) is 30.4 Å². The number of hydrogen-bond donors (Lipinski definition) is 3. The molecule has 5 heteroatoms. The van der Waals surface area contributed by atoms with Crippen molar-refractivity contribution in [2.45, 2.75) is 19.4 Å². The Morgan fingerprint density at radius 2 is 2.18 bits per heavy atom. The molecule has 11 heavy (non-hydrogen) atoms. The Hall–Kier alpha value is -0.810. The molecule has 66 valence electrons. The van der Waals surface area contributed by atoms with Crippen LogP contribution >= 0.6 is 0 Å². The van der Waals surface area contributed by atoms with Crippen LogP contribution in [0.1, 0.15) is 13.8 Å². The lowest BCUT2D eigenvalue weighted by molar-refractivity contribution is 0.0733. The quantitative estimate of drug-likeness (QED) is 0.495. The maximum Gasteiger partial charge on any atom is 0.338 e. The Morgan fingerprint density at radius 1 is 1.64 bits per heavy atom. The summed E-state index contributed by atoms with van der Waals surface area (Å²) in [6, 6.07) is -0.463. The van der Waals surface area contributed by atoms with Gasteiger partial charge in [0.15, 0.2) is 0 Å². The summed E-state index contributed by atoms with van der Waals surface area (Å²) >= 11 is 0. The summed E-state index contributed by atoms with van der Waals surface area (Å²) < 4.78 is 0. The molecule has 0 unspecified atom stereocenters. The summed E-state index contributed by atoms with van der Waals surface area (Å²) in [4.78, 5) is 15.0. The summed E-state index contributed by atoms with van der Waals surface area (Å²) in [5.41, 5.74) is 1.16. The third-order valence-corrected chi connectivity index (χ3v) is 0.876. The molecule has 0 rings (SSSR count). The highest BCUT2D eigenvalue weighted by molar-refractivity contribution is 5.72. The van der Waals surface area contributed by atoms with Crippen molar-refractivity contribution in [3.05, 3.63) is 0 Å². The van der Waals surface area contributed by atoms with Crippen molar-refractivity contribution in [1.29, 1.82) is 0 Å². The van der Waals surface area contributed by atoms with Gasteiger partial charge < -0.3 is 10.4 Å². The lowest BCUT2D eigenvalue weighted by atomic mass is 10.1. The molecule has 0 spiro atoms. The van der Waals surface area contributed by atoms with E-state index in [1.165, 1.54) is 7.11 Å². The molecule has 5 nitrogen and oxygen atoms in total. The Labute approximate surface area is 65.7 Å². The van der Waals surface area contributed by atoms with E-state index in [0.717, 1.165) is 0 Å². The third-order valence-electron chi connectivity index (χ3n) is 0.876. The number of nitrogens with one attached hydrogen (secondary N) is 2. The largest absolute Gasteiger partial charge is 0.389 e. The predicted octanol–water partition coefficient (Wildman–Crippen LogP) is -0.382. The molecule has 0 aliphatic rings. The highest BCUT2D eigenvalue weighted by Gasteiger charge is 2.13. The number of hydroxylamine groups is 1. The van der Waals surface area contributed by atoms with E-state index >= 15 is 0 Å². The van der Waals surface area contributed by atoms with E-state index in [9.17, 15) is 4.79 Å². The standard InChI is InChI=1S/C6H14N2O3/c1-6(2,10)4-7-5(9)8-11-3/h10H,4H2,1-3H3,(H2,7,8,9). The van der Waals surface area contributed by atoms with Gasteiger partial charge in [0, 0.05) is 6.54 Å². The van der Waals surface area contributed by atoms with Crippen molar-refractivity contribution < 1.29 is 14.7 Å². The fourth-order valence-corrected chi connectivity index (χ4v) is 0.425. The first kappa shape index (κ1) is 10.2. The average molecular weight is 162 g/mol. The van der Waals surface area contributed by atoms with Gasteiger partial charge in [0.25, 0.3) is 0 Å². The molecule has 2 amide bonds. The van der Waals surface area contributed by atoms with E-state index in [4.69, 9.17) is 5.11 Å². The lowest BCUT2D eigenvalue weighted by Crippen LogP contribution is -2.42. The lowest BCUT2D eigenvalue weighted by Gasteiger charge is -2.17. The minimum absolute atomic E-state index is 0.183. The van der Waals surface area contributed by atoms with Gasteiger partial charge >= 0.3 is 6.03 Å². The smallest absolute Gasteiger partial charge is 0.338 e. The zero-order chi connectivity index (χ0) is 8.91. The summed E-state index contributed by atoms with van der Waals surface area (Å²) in [6.45, 7) is 3.38. The van der Waals surface area contributed by atoms with Crippen LogP contribution in [0.3, 0.4) is 0 Å². The third kappa shape index (κ3) is 7.08. The second-order valence-electron chi connectivity index (χ2n) is 2.80. The van der Waals surface area contributed by atoms with Crippen molar-refractivity contribution >= 4 is 6.03 Å². The second kappa shape index (κ2) is 4.15. The maximum absolute atomic E-state index is 10.6. The van der Waals surface area contributed by atoms with Gasteiger partial charge in [-0.3, -0.25) is 4.84 Å². The van der Waals surface area contributed by atoms with Crippen molar-refractivity contribution in [2.75, 3.05) is 13.7 Å². The van der Waals surface area contributed by atoms with Crippen molar-refractivity contribution in [3.8, 4) is 0 Å². The van der Waals surface area contributed by atoms with Crippen LogP contribution in [0.5, 0.6) is 0 Å². The molecule has 0 atom stereocenters. The van der Waals surface area contributed by atoms with E-state index in [-0.39, 0.29) is 6.54 Å². The van der Waals surface area contributed by atoms with Gasteiger partial charge in [0.1, 0.15) is 0 Å². The van der Waals surface area contributed by atoms with E-state index < -0.39 is 11.6 Å². The highest BCUT2D eigenvalue weighted by Crippen LogP contribution is 1.96. The number of hydrogen-bond acceptors (Lipinski definition) is 3. The van der Waals surface area contributed by atoms with Crippen molar-refractivity contribution in [1.82, 2.24) is 10.8 Å². The molecule has 0 radical (unpaired) electrons. The first-order valence-electron chi connectivity index (χ1n) is 3.25. The van der Waals surface area contributed by atoms with Crippen LogP contribution in [0.2, 0.25) is 0 Å². The summed E-state index contributed by atoms with van der Waals surface area (Å²) in [7, 11) is 1.34. The minimum atomic E-state index is -0.898. The van der Waals surface area contributed by atoms with Crippen molar-refractivity contribution in [2.24, 2.45) is 0 Å². The Balaban J connectivity index is 3.46. The Kier molecular flexibility index (Phi) is 3.84. The fourth-order valence-electron chi connectivity index (χ4n) is 0.425. The number of carbonyl (C=O) groups is 1. The van der Waals surface area contributed by atoms with E-state index in [1.54, 1.807) is 13.8 Å². The first-order valence-corrected chi connectivity index (χ1v) is 3.25. The molecule has 0 fully saturated rings. The zero-order valence-electron chi connectivity index (χ0n) is 6.97. The summed E-state index contributed by atoms with van der Waals surface area (Å²) in [5.74, 6) is 0. The number of aliphatic hydroxyl groups is 1. The molecular formula is C6H14N2O3. The number of rotatable bonds is 3. The van der Waals surface area contributed by atoms with Crippen LogP contribution in [0, 0.1) is 0 Å². The second-order valence-corrected chi connectivity index (χ2v) is 2.80. The van der Waals surface area contributed by atoms with Crippen LogP contribution in [-0.2, 0) is 4.84 Å². The van der Waals surface area contributed by atoms with Crippen LogP contribution in [0.15, 0.2) is 0 Å². The molecular weight excluding hydrogens is 148 g/mol. The van der Waals surface area contributed by atoms with E-state index in [1.807, 2.05) is 0 Å². The monoisotopic (exact) mass is 162 g/mol. The molecule has 0 aliphatic carbocycles. The molecule has 0 aromatic carbocycles. The van der Waals surface area contributed by atoms with Crippen LogP contribution in [0.4, 0.5) is 4.79 Å². The van der Waals surface area contributed by atoms with Crippen molar-refractivity contribution in [3.63, 3.8) is 0 Å². The number of carbonyl (C=O) groups excluding carboxylic acids is 1. The number of amides is 2. The van der Waals surface area contributed by atoms with Gasteiger partial charge in [-0.05, 0) is 13.8 Å². The van der Waals surface area contributed by atoms with Gasteiger partial charge in [-0.25, -0.2) is 10.3 Å². The van der Waals surface area contributed by atoms with Gasteiger partial charge in [-0.2, -0.15) is 0 Å². The summed E-state index contributed by atoms with van der Waals surface area (Å²) in [6.07, 6.45) is 0. The molecule has 0 saturated heterocycles. The molecule has 0 aromatic rings. The number of urea groups is 1. The van der Waals surface area contributed by atoms with Gasteiger partial charge in [-0.1, -0.05) is 0 Å². The normalized spacial score (nSPS) is 10.9. The molecule has 0 aromatic heterocycles. The summed E-state index contributed by atoms with van der Waals surface area (Å²) in [5, 5.41) is 11.5. The molecule has 0 heterocycles. The highest BCUT2D eigenvalue weighted by atomic mass is 16.6. The molecule has 0 aliphatic heterocycles. The SMILES string of the molecule is CONC(=O)NCC(C)(C)O. The Morgan fingerprint density at radius 3 is 2.55 bits per heavy atom. The zero-order valence-corrected chi connectivity index (χ0v) is 6.97. The van der Waals surface area contributed by atoms with Crippen LogP contribution in [0.25, 0.3) is 0 Å². The maximum atomic E-state index is 10.6. The minimum Gasteiger partial charge on any atom is -0.389 e. The predicted molar refractivity (Wildman–Crippen MR) is 39.8 cm³/mol. The topological polar surface area (TPSA) is 70.6 Å². The first-order chi connectivity index (χ1) is 4.95. The van der Waals surface area contributed by atoms with Gasteiger partial charge in [0.2, 0.25) is 0 Å². The van der Waals surface area contributed by atoms with Crippen LogP contribution < -0.4 is 10.8 Å². The molecule has 0 saturated carbocycles. The fraction of sp³-hybridized carbons (Fsp3) is 0.833. The van der Waals surface area contributed by atoms with E-state index in [0.29, 0.717) is 0 Å². The molecule has 0 bridgehead atoms.